The molecule has 0 aromatic rings. The number of nitrogens with zero attached hydrogens (tertiary/aromatic N) is 1. The molecule has 3 heteroatoms. The summed E-state index contributed by atoms with van der Waals surface area (Å²) in [6, 6.07) is 0. The molecule has 0 aromatic heterocycles. The van der Waals surface area contributed by atoms with Gasteiger partial charge in [0.1, 0.15) is 0 Å². The molecule has 2 heterocycles. The predicted octanol–water partition coefficient (Wildman–Crippen LogP) is 5.13. The van der Waals surface area contributed by atoms with Crippen molar-refractivity contribution in [2.24, 2.45) is 0 Å². The van der Waals surface area contributed by atoms with Crippen LogP contribution in [-0.2, 0) is 9.47 Å². The van der Waals surface area contributed by atoms with Crippen LogP contribution in [0.15, 0.2) is 0 Å². The van der Waals surface area contributed by atoms with E-state index in [1.807, 2.05) is 0 Å². The van der Waals surface area contributed by atoms with Gasteiger partial charge in [-0.2, -0.15) is 0 Å². The van der Waals surface area contributed by atoms with Crippen molar-refractivity contribution >= 4 is 0 Å². The van der Waals surface area contributed by atoms with Crippen molar-refractivity contribution < 1.29 is 9.47 Å². The topological polar surface area (TPSA) is 21.7 Å². The van der Waals surface area contributed by atoms with E-state index in [1.54, 1.807) is 0 Å². The zero-order valence-corrected chi connectivity index (χ0v) is 15.7. The molecule has 0 amide bonds. The molecule has 2 atom stereocenters. The normalized spacial score (nSPS) is 29.7. The first-order chi connectivity index (χ1) is 11.2. The van der Waals surface area contributed by atoms with Crippen LogP contribution >= 0.6 is 0 Å². The summed E-state index contributed by atoms with van der Waals surface area (Å²) in [5.74, 6) is -0.320. The van der Waals surface area contributed by atoms with E-state index in [0.717, 1.165) is 19.6 Å². The first-order valence-electron chi connectivity index (χ1n) is 10.3. The highest BCUT2D eigenvalue weighted by Gasteiger charge is 2.37. The van der Waals surface area contributed by atoms with Crippen LogP contribution in [-0.4, -0.2) is 43.0 Å². The van der Waals surface area contributed by atoms with Crippen LogP contribution in [0.25, 0.3) is 0 Å². The van der Waals surface area contributed by atoms with Gasteiger partial charge in [-0.1, -0.05) is 58.3 Å². The van der Waals surface area contributed by atoms with Crippen LogP contribution in [0, 0.1) is 0 Å². The quantitative estimate of drug-likeness (QED) is 0.519. The fraction of sp³-hybridized carbons (Fsp3) is 1.00. The largest absolute Gasteiger partial charge is 0.347 e. The lowest BCUT2D eigenvalue weighted by molar-refractivity contribution is -0.160. The summed E-state index contributed by atoms with van der Waals surface area (Å²) in [5.41, 5.74) is 0. The maximum absolute atomic E-state index is 6.27. The predicted molar refractivity (Wildman–Crippen MR) is 96.7 cm³/mol. The molecule has 0 saturated carbocycles. The summed E-state index contributed by atoms with van der Waals surface area (Å²) >= 11 is 0. The van der Waals surface area contributed by atoms with E-state index in [1.165, 1.54) is 83.7 Å². The summed E-state index contributed by atoms with van der Waals surface area (Å²) in [7, 11) is 0. The Morgan fingerprint density at radius 2 is 1.57 bits per heavy atom. The van der Waals surface area contributed by atoms with E-state index in [0.29, 0.717) is 0 Å². The Bertz CT molecular complexity index is 302. The summed E-state index contributed by atoms with van der Waals surface area (Å²) in [5, 5.41) is 0. The SMILES string of the molecule is CCCCCCCCCC1(C)OCC(CN2CCCCCC2)O1. The van der Waals surface area contributed by atoms with Crippen LogP contribution in [0.3, 0.4) is 0 Å². The van der Waals surface area contributed by atoms with Gasteiger partial charge in [-0.15, -0.1) is 0 Å². The van der Waals surface area contributed by atoms with E-state index in [4.69, 9.17) is 9.47 Å². The van der Waals surface area contributed by atoms with E-state index in [2.05, 4.69) is 18.7 Å². The van der Waals surface area contributed by atoms with E-state index < -0.39 is 0 Å². The van der Waals surface area contributed by atoms with Crippen LogP contribution < -0.4 is 0 Å². The molecule has 2 saturated heterocycles. The van der Waals surface area contributed by atoms with Crippen molar-refractivity contribution in [3.8, 4) is 0 Å². The Balaban J connectivity index is 1.57. The molecule has 3 nitrogen and oxygen atoms in total. The Morgan fingerprint density at radius 1 is 0.913 bits per heavy atom. The van der Waals surface area contributed by atoms with Crippen LogP contribution in [0.2, 0.25) is 0 Å². The molecule has 2 unspecified atom stereocenters. The highest BCUT2D eigenvalue weighted by Crippen LogP contribution is 2.29. The summed E-state index contributed by atoms with van der Waals surface area (Å²) in [6.07, 6.45) is 16.3. The number of ether oxygens (including phenoxy) is 2. The lowest BCUT2D eigenvalue weighted by Crippen LogP contribution is -2.36. The van der Waals surface area contributed by atoms with Crippen molar-refractivity contribution in [3.63, 3.8) is 0 Å². The molecule has 0 bridgehead atoms. The molecule has 2 aliphatic rings. The second-order valence-corrected chi connectivity index (χ2v) is 7.77. The van der Waals surface area contributed by atoms with Crippen molar-refractivity contribution in [1.29, 1.82) is 0 Å². The third-order valence-electron chi connectivity index (χ3n) is 5.39. The number of unbranched alkanes of at least 4 members (excludes halogenated alkanes) is 6. The summed E-state index contributed by atoms with van der Waals surface area (Å²) in [4.78, 5) is 2.58. The first kappa shape index (κ1) is 19.2. The third kappa shape index (κ3) is 7.53. The molecule has 2 rings (SSSR count). The van der Waals surface area contributed by atoms with E-state index in [9.17, 15) is 0 Å². The average Bonchev–Trinajstić information content (AvgIpc) is 2.74. The van der Waals surface area contributed by atoms with Gasteiger partial charge in [0.25, 0.3) is 0 Å². The van der Waals surface area contributed by atoms with Gasteiger partial charge in [-0.05, 0) is 39.3 Å². The maximum atomic E-state index is 6.27. The first-order valence-corrected chi connectivity index (χ1v) is 10.3. The fourth-order valence-electron chi connectivity index (χ4n) is 3.92. The second kappa shape index (κ2) is 10.7. The molecule has 2 aliphatic heterocycles. The van der Waals surface area contributed by atoms with Crippen LogP contribution in [0.4, 0.5) is 0 Å². The molecule has 136 valence electrons. The average molecular weight is 326 g/mol. The summed E-state index contributed by atoms with van der Waals surface area (Å²) < 4.78 is 12.3. The van der Waals surface area contributed by atoms with Crippen LogP contribution in [0.1, 0.15) is 90.9 Å². The van der Waals surface area contributed by atoms with Gasteiger partial charge in [-0.3, -0.25) is 0 Å². The number of hydrogen-bond acceptors (Lipinski definition) is 3. The Morgan fingerprint density at radius 3 is 2.26 bits per heavy atom. The lowest BCUT2D eigenvalue weighted by atomic mass is 10.1. The van der Waals surface area contributed by atoms with Gasteiger partial charge in [0.2, 0.25) is 0 Å². The Hall–Kier alpha value is -0.120. The minimum atomic E-state index is -0.320. The zero-order valence-electron chi connectivity index (χ0n) is 15.7. The van der Waals surface area contributed by atoms with Gasteiger partial charge >= 0.3 is 0 Å². The molecule has 23 heavy (non-hydrogen) atoms. The van der Waals surface area contributed by atoms with Crippen molar-refractivity contribution in [3.05, 3.63) is 0 Å². The maximum Gasteiger partial charge on any atom is 0.166 e. The molecule has 2 fully saturated rings. The van der Waals surface area contributed by atoms with Gasteiger partial charge in [0.05, 0.1) is 12.7 Å². The van der Waals surface area contributed by atoms with E-state index in [-0.39, 0.29) is 11.9 Å². The molecule has 0 N–H and O–H groups in total. The highest BCUT2D eigenvalue weighted by molar-refractivity contribution is 4.78. The monoisotopic (exact) mass is 325 g/mol. The highest BCUT2D eigenvalue weighted by atomic mass is 16.7. The number of likely N-dealkylation sites (tertiary alicyclic amines) is 1. The molecular weight excluding hydrogens is 286 g/mol. The molecule has 0 spiro atoms. The Labute approximate surface area is 144 Å². The van der Waals surface area contributed by atoms with Gasteiger partial charge in [0, 0.05) is 13.0 Å². The second-order valence-electron chi connectivity index (χ2n) is 7.77. The van der Waals surface area contributed by atoms with Crippen molar-refractivity contribution in [2.75, 3.05) is 26.2 Å². The lowest BCUT2D eigenvalue weighted by Gasteiger charge is -2.26. The standard InChI is InChI=1S/C20H39NO2/c1-3-4-5-6-7-8-11-14-20(2)22-18-19(23-20)17-21-15-12-9-10-13-16-21/h19H,3-18H2,1-2H3. The van der Waals surface area contributed by atoms with E-state index >= 15 is 0 Å². The molecular formula is C20H39NO2. The minimum absolute atomic E-state index is 0.280. The third-order valence-corrected chi connectivity index (χ3v) is 5.39. The summed E-state index contributed by atoms with van der Waals surface area (Å²) in [6.45, 7) is 8.75. The molecule has 0 radical (unpaired) electrons. The van der Waals surface area contributed by atoms with Crippen LogP contribution in [0.5, 0.6) is 0 Å². The van der Waals surface area contributed by atoms with Crippen molar-refractivity contribution in [2.45, 2.75) is 103 Å². The minimum Gasteiger partial charge on any atom is -0.347 e. The zero-order chi connectivity index (χ0) is 16.4. The number of hydrogen-bond donors (Lipinski definition) is 0. The number of rotatable bonds is 10. The van der Waals surface area contributed by atoms with Gasteiger partial charge in [-0.25, -0.2) is 0 Å². The molecule has 0 aliphatic carbocycles. The van der Waals surface area contributed by atoms with Gasteiger partial charge < -0.3 is 14.4 Å². The Kier molecular flexibility index (Phi) is 8.92. The van der Waals surface area contributed by atoms with Crippen molar-refractivity contribution in [1.82, 2.24) is 4.90 Å². The fourth-order valence-corrected chi connectivity index (χ4v) is 3.92. The van der Waals surface area contributed by atoms with Gasteiger partial charge in [0.15, 0.2) is 5.79 Å². The molecule has 0 aromatic carbocycles. The smallest absolute Gasteiger partial charge is 0.166 e.